The van der Waals surface area contributed by atoms with Crippen LogP contribution in [0.5, 0.6) is 0 Å². The van der Waals surface area contributed by atoms with Crippen molar-refractivity contribution >= 4 is 21.6 Å². The number of halogens is 1. The highest BCUT2D eigenvalue weighted by Gasteiger charge is 2.17. The average molecular weight is 372 g/mol. The maximum Gasteiger partial charge on any atom is 0.261 e. The van der Waals surface area contributed by atoms with E-state index in [9.17, 15) is 17.6 Å². The third kappa shape index (κ3) is 4.56. The van der Waals surface area contributed by atoms with E-state index >= 15 is 0 Å². The molecule has 0 aromatic heterocycles. The first-order valence-electron chi connectivity index (χ1n) is 7.29. The number of anilines is 1. The zero-order valence-electron chi connectivity index (χ0n) is 13.4. The largest absolute Gasteiger partial charge is 0.312 e. The van der Waals surface area contributed by atoms with E-state index < -0.39 is 21.7 Å². The fourth-order valence-corrected chi connectivity index (χ4v) is 3.12. The van der Waals surface area contributed by atoms with Crippen molar-refractivity contribution in [3.8, 4) is 12.1 Å². The summed E-state index contributed by atoms with van der Waals surface area (Å²) < 4.78 is 39.7. The summed E-state index contributed by atoms with van der Waals surface area (Å²) in [6.45, 7) is -0.462. The summed E-state index contributed by atoms with van der Waals surface area (Å²) >= 11 is 0. The Balaban J connectivity index is 2.17. The van der Waals surface area contributed by atoms with Crippen molar-refractivity contribution < 1.29 is 17.6 Å². The molecule has 0 atom stereocenters. The highest BCUT2D eigenvalue weighted by molar-refractivity contribution is 7.92. The number of hydrogen-bond donors (Lipinski definition) is 1. The van der Waals surface area contributed by atoms with Crippen LogP contribution in [0.2, 0.25) is 0 Å². The van der Waals surface area contributed by atoms with Crippen LogP contribution in [0.3, 0.4) is 0 Å². The molecule has 7 nitrogen and oxygen atoms in total. The fourth-order valence-electron chi connectivity index (χ4n) is 2.06. The first-order chi connectivity index (χ1) is 12.4. The molecular weight excluding hydrogens is 359 g/mol. The molecule has 2 aromatic rings. The third-order valence-corrected chi connectivity index (χ3v) is 4.72. The number of nitrogens with one attached hydrogen (secondary N) is 1. The Morgan fingerprint density at radius 1 is 1.00 bits per heavy atom. The molecule has 0 saturated heterocycles. The first kappa shape index (κ1) is 18.9. The normalized spacial score (nSPS) is 10.4. The number of nitrogens with zero attached hydrogens (tertiary/aromatic N) is 3. The van der Waals surface area contributed by atoms with Gasteiger partial charge >= 0.3 is 0 Å². The van der Waals surface area contributed by atoms with Gasteiger partial charge in [0.05, 0.1) is 17.0 Å². The second-order valence-corrected chi connectivity index (χ2v) is 6.80. The summed E-state index contributed by atoms with van der Waals surface area (Å²) in [6, 6.07) is 13.5. The number of carbonyl (C=O) groups is 1. The standard InChI is InChI=1S/C17H13FN4O3S/c18-14-3-7-16(8-4-14)26(24,25)21-15-5-1-13(2-6-15)17(23)22(11-9-19)12-10-20/h1-8,21H,11-12H2. The maximum atomic E-state index is 12.9. The summed E-state index contributed by atoms with van der Waals surface area (Å²) in [5, 5.41) is 17.4. The van der Waals surface area contributed by atoms with E-state index in [1.807, 2.05) is 0 Å². The Morgan fingerprint density at radius 2 is 1.54 bits per heavy atom. The van der Waals surface area contributed by atoms with Crippen LogP contribution in [0, 0.1) is 28.5 Å². The van der Waals surface area contributed by atoms with Crippen LogP contribution in [-0.4, -0.2) is 32.3 Å². The van der Waals surface area contributed by atoms with Crippen LogP contribution in [0.4, 0.5) is 10.1 Å². The lowest BCUT2D eigenvalue weighted by molar-refractivity contribution is 0.0794. The molecule has 0 radical (unpaired) electrons. The Morgan fingerprint density at radius 3 is 2.04 bits per heavy atom. The molecule has 0 aliphatic heterocycles. The molecule has 0 saturated carbocycles. The van der Waals surface area contributed by atoms with Gasteiger partial charge in [-0.05, 0) is 48.5 Å². The van der Waals surface area contributed by atoms with Gasteiger partial charge in [-0.15, -0.1) is 0 Å². The lowest BCUT2D eigenvalue weighted by Gasteiger charge is -2.16. The average Bonchev–Trinajstić information content (AvgIpc) is 2.61. The Hall–Kier alpha value is -3.43. The number of carbonyl (C=O) groups excluding carboxylic acids is 1. The van der Waals surface area contributed by atoms with Gasteiger partial charge in [0.2, 0.25) is 0 Å². The molecule has 132 valence electrons. The maximum absolute atomic E-state index is 12.9. The van der Waals surface area contributed by atoms with Gasteiger partial charge in [0.1, 0.15) is 18.9 Å². The summed E-state index contributed by atoms with van der Waals surface area (Å²) in [4.78, 5) is 13.2. The molecule has 0 aliphatic carbocycles. The van der Waals surface area contributed by atoms with E-state index in [0.29, 0.717) is 0 Å². The number of amides is 1. The quantitative estimate of drug-likeness (QED) is 0.780. The van der Waals surface area contributed by atoms with Crippen molar-refractivity contribution in [2.75, 3.05) is 17.8 Å². The van der Waals surface area contributed by atoms with Crippen LogP contribution in [0.1, 0.15) is 10.4 Å². The van der Waals surface area contributed by atoms with Crippen LogP contribution in [0.25, 0.3) is 0 Å². The molecule has 0 spiro atoms. The van der Waals surface area contributed by atoms with Crippen molar-refractivity contribution in [3.63, 3.8) is 0 Å². The summed E-state index contributed by atoms with van der Waals surface area (Å²) in [7, 11) is -3.89. The van der Waals surface area contributed by atoms with Gasteiger partial charge in [0.25, 0.3) is 15.9 Å². The van der Waals surface area contributed by atoms with E-state index in [1.165, 1.54) is 24.3 Å². The molecule has 0 aliphatic rings. The minimum atomic E-state index is -3.89. The minimum Gasteiger partial charge on any atom is -0.312 e. The van der Waals surface area contributed by atoms with Gasteiger partial charge < -0.3 is 4.90 Å². The number of hydrogen-bond acceptors (Lipinski definition) is 5. The van der Waals surface area contributed by atoms with Gasteiger partial charge in [0, 0.05) is 11.3 Å². The van der Waals surface area contributed by atoms with Gasteiger partial charge in [-0.3, -0.25) is 9.52 Å². The van der Waals surface area contributed by atoms with Gasteiger partial charge in [-0.25, -0.2) is 12.8 Å². The highest BCUT2D eigenvalue weighted by atomic mass is 32.2. The second kappa shape index (κ2) is 8.10. The zero-order valence-corrected chi connectivity index (χ0v) is 14.2. The first-order valence-corrected chi connectivity index (χ1v) is 8.77. The molecule has 2 aromatic carbocycles. The van der Waals surface area contributed by atoms with E-state index in [1.54, 1.807) is 12.1 Å². The molecule has 1 N–H and O–H groups in total. The van der Waals surface area contributed by atoms with Crippen LogP contribution in [-0.2, 0) is 10.0 Å². The van der Waals surface area contributed by atoms with Crippen molar-refractivity contribution in [3.05, 3.63) is 59.9 Å². The molecule has 1 amide bonds. The number of rotatable bonds is 6. The van der Waals surface area contributed by atoms with E-state index in [0.717, 1.165) is 29.2 Å². The Bertz CT molecular complexity index is 959. The molecule has 9 heteroatoms. The molecule has 0 bridgehead atoms. The molecular formula is C17H13FN4O3S. The van der Waals surface area contributed by atoms with Gasteiger partial charge in [-0.1, -0.05) is 0 Å². The Labute approximate surface area is 149 Å². The molecule has 0 heterocycles. The smallest absolute Gasteiger partial charge is 0.261 e. The lowest BCUT2D eigenvalue weighted by atomic mass is 10.2. The monoisotopic (exact) mass is 372 g/mol. The topological polar surface area (TPSA) is 114 Å². The lowest BCUT2D eigenvalue weighted by Crippen LogP contribution is -2.31. The summed E-state index contributed by atoms with van der Waals surface area (Å²) in [6.07, 6.45) is 0. The number of nitriles is 2. The number of sulfonamides is 1. The van der Waals surface area contributed by atoms with E-state index in [-0.39, 0.29) is 29.2 Å². The summed E-state index contributed by atoms with van der Waals surface area (Å²) in [5.74, 6) is -1.06. The SMILES string of the molecule is N#CCN(CC#N)C(=O)c1ccc(NS(=O)(=O)c2ccc(F)cc2)cc1. The predicted molar refractivity (Wildman–Crippen MR) is 90.8 cm³/mol. The van der Waals surface area contributed by atoms with Crippen molar-refractivity contribution in [2.45, 2.75) is 4.90 Å². The van der Waals surface area contributed by atoms with Gasteiger partial charge in [-0.2, -0.15) is 10.5 Å². The van der Waals surface area contributed by atoms with E-state index in [4.69, 9.17) is 10.5 Å². The van der Waals surface area contributed by atoms with Crippen molar-refractivity contribution in [1.82, 2.24) is 4.90 Å². The van der Waals surface area contributed by atoms with Crippen LogP contribution >= 0.6 is 0 Å². The summed E-state index contributed by atoms with van der Waals surface area (Å²) in [5.41, 5.74) is 0.415. The zero-order chi connectivity index (χ0) is 19.2. The third-order valence-electron chi connectivity index (χ3n) is 3.32. The second-order valence-electron chi connectivity index (χ2n) is 5.11. The molecule has 2 rings (SSSR count). The molecule has 26 heavy (non-hydrogen) atoms. The van der Waals surface area contributed by atoms with Crippen molar-refractivity contribution in [1.29, 1.82) is 10.5 Å². The fraction of sp³-hybridized carbons (Fsp3) is 0.118. The van der Waals surface area contributed by atoms with Crippen molar-refractivity contribution in [2.24, 2.45) is 0 Å². The Kier molecular flexibility index (Phi) is 5.89. The van der Waals surface area contributed by atoms with Crippen LogP contribution < -0.4 is 4.72 Å². The molecule has 0 unspecified atom stereocenters. The minimum absolute atomic E-state index is 0.103. The highest BCUT2D eigenvalue weighted by Crippen LogP contribution is 2.17. The number of benzene rings is 2. The predicted octanol–water partition coefficient (Wildman–Crippen LogP) is 2.12. The van der Waals surface area contributed by atoms with Crippen LogP contribution in [0.15, 0.2) is 53.4 Å². The van der Waals surface area contributed by atoms with Gasteiger partial charge in [0.15, 0.2) is 0 Å². The van der Waals surface area contributed by atoms with E-state index in [2.05, 4.69) is 4.72 Å². The molecule has 0 fully saturated rings.